The third-order valence-corrected chi connectivity index (χ3v) is 6.86. The first-order valence-electron chi connectivity index (χ1n) is 14.6. The molecule has 4 nitrogen and oxygen atoms in total. The Hall–Kier alpha value is -1.84. The highest BCUT2D eigenvalue weighted by Crippen LogP contribution is 2.21. The van der Waals surface area contributed by atoms with Crippen molar-refractivity contribution in [2.24, 2.45) is 0 Å². The summed E-state index contributed by atoms with van der Waals surface area (Å²) in [5.74, 6) is -2.14. The first-order valence-corrected chi connectivity index (χ1v) is 14.6. The highest BCUT2D eigenvalue weighted by atomic mass is 16.5. The van der Waals surface area contributed by atoms with Gasteiger partial charge in [-0.1, -0.05) is 153 Å². The molecule has 0 aromatic heterocycles. The molecule has 35 heavy (non-hydrogen) atoms. The summed E-state index contributed by atoms with van der Waals surface area (Å²) in [6, 6.07) is 9.05. The molecule has 4 heteroatoms. The van der Waals surface area contributed by atoms with E-state index in [-0.39, 0.29) is 6.42 Å². The van der Waals surface area contributed by atoms with Gasteiger partial charge < -0.3 is 9.84 Å². The highest BCUT2D eigenvalue weighted by Gasteiger charge is 2.24. The van der Waals surface area contributed by atoms with Crippen LogP contribution in [0.1, 0.15) is 147 Å². The van der Waals surface area contributed by atoms with Crippen LogP contribution >= 0.6 is 0 Å². The van der Waals surface area contributed by atoms with Crippen LogP contribution in [0.3, 0.4) is 0 Å². The van der Waals surface area contributed by atoms with E-state index >= 15 is 0 Å². The number of ether oxygens (including phenoxy) is 1. The molecule has 1 aromatic carbocycles. The van der Waals surface area contributed by atoms with Gasteiger partial charge in [-0.2, -0.15) is 0 Å². The lowest BCUT2D eigenvalue weighted by atomic mass is 9.96. The van der Waals surface area contributed by atoms with Crippen LogP contribution in [0.4, 0.5) is 0 Å². The summed E-state index contributed by atoms with van der Waals surface area (Å²) in [4.78, 5) is 23.5. The Balaban J connectivity index is 1.89. The number of carboxylic acid groups (broad SMARTS) is 1. The van der Waals surface area contributed by atoms with Gasteiger partial charge in [-0.25, -0.2) is 0 Å². The van der Waals surface area contributed by atoms with Crippen molar-refractivity contribution >= 4 is 11.9 Å². The molecule has 0 fully saturated rings. The molecule has 1 atom stereocenters. The van der Waals surface area contributed by atoms with Crippen LogP contribution in [0.2, 0.25) is 0 Å². The maximum atomic E-state index is 12.4. The molecule has 200 valence electrons. The van der Waals surface area contributed by atoms with E-state index in [1.54, 1.807) is 12.1 Å². The molecule has 1 aromatic rings. The summed E-state index contributed by atoms with van der Waals surface area (Å²) in [6.45, 7) is 2.65. The molecule has 1 rings (SSSR count). The molecule has 1 N–H and O–H groups in total. The molecule has 0 heterocycles. The number of carbonyl (C=O) groups is 2. The van der Waals surface area contributed by atoms with E-state index < -0.39 is 17.9 Å². The van der Waals surface area contributed by atoms with Crippen LogP contribution in [0.5, 0.6) is 0 Å². The number of esters is 1. The van der Waals surface area contributed by atoms with Gasteiger partial charge in [0.25, 0.3) is 0 Å². The Morgan fingerprint density at radius 3 is 1.46 bits per heavy atom. The van der Waals surface area contributed by atoms with Gasteiger partial charge in [-0.3, -0.25) is 9.59 Å². The summed E-state index contributed by atoms with van der Waals surface area (Å²) in [5, 5.41) is 9.13. The normalized spacial score (nSPS) is 11.9. The number of carboxylic acids is 1. The molecule has 0 aliphatic carbocycles. The van der Waals surface area contributed by atoms with E-state index in [0.717, 1.165) is 12.8 Å². The highest BCUT2D eigenvalue weighted by molar-refractivity contribution is 5.83. The second-order valence-electron chi connectivity index (χ2n) is 10.1. The summed E-state index contributed by atoms with van der Waals surface area (Å²) in [6.07, 6.45) is 25.0. The largest absolute Gasteiger partial charge is 0.481 e. The second-order valence-corrected chi connectivity index (χ2v) is 10.1. The number of rotatable bonds is 24. The second kappa shape index (κ2) is 22.6. The predicted molar refractivity (Wildman–Crippen MR) is 146 cm³/mol. The van der Waals surface area contributed by atoms with Gasteiger partial charge in [-0.05, 0) is 12.0 Å². The first-order chi connectivity index (χ1) is 17.1. The SMILES string of the molecule is CCCCCCCCCCCCCCCCCCCCCOC(=O)C(CC(=O)O)c1ccccc1. The van der Waals surface area contributed by atoms with Crippen molar-refractivity contribution in [2.75, 3.05) is 6.61 Å². The van der Waals surface area contributed by atoms with Crippen LogP contribution in [0.25, 0.3) is 0 Å². The van der Waals surface area contributed by atoms with E-state index in [2.05, 4.69) is 6.92 Å². The average molecular weight is 489 g/mol. The molecular formula is C31H52O4. The lowest BCUT2D eigenvalue weighted by Gasteiger charge is -2.14. The summed E-state index contributed by atoms with van der Waals surface area (Å²) < 4.78 is 5.39. The van der Waals surface area contributed by atoms with E-state index in [0.29, 0.717) is 12.2 Å². The molecule has 0 aliphatic heterocycles. The van der Waals surface area contributed by atoms with E-state index in [9.17, 15) is 9.59 Å². The van der Waals surface area contributed by atoms with Crippen molar-refractivity contribution < 1.29 is 19.4 Å². The fourth-order valence-corrected chi connectivity index (χ4v) is 4.65. The Morgan fingerprint density at radius 1 is 0.657 bits per heavy atom. The Labute approximate surface area is 215 Å². The molecule has 0 aliphatic rings. The molecule has 0 amide bonds. The number of benzene rings is 1. The van der Waals surface area contributed by atoms with Gasteiger partial charge in [-0.15, -0.1) is 0 Å². The van der Waals surface area contributed by atoms with Crippen LogP contribution in [0.15, 0.2) is 30.3 Å². The Bertz CT molecular complexity index is 628. The van der Waals surface area contributed by atoms with Gasteiger partial charge in [0.05, 0.1) is 18.9 Å². The number of unbranched alkanes of at least 4 members (excludes halogenated alkanes) is 18. The van der Waals surface area contributed by atoms with Crippen molar-refractivity contribution in [3.05, 3.63) is 35.9 Å². The molecule has 0 radical (unpaired) electrons. The third-order valence-electron chi connectivity index (χ3n) is 6.86. The smallest absolute Gasteiger partial charge is 0.314 e. The maximum Gasteiger partial charge on any atom is 0.314 e. The summed E-state index contributed by atoms with van der Waals surface area (Å²) in [5.41, 5.74) is 0.702. The maximum absolute atomic E-state index is 12.4. The molecule has 0 spiro atoms. The molecule has 1 unspecified atom stereocenters. The Morgan fingerprint density at radius 2 is 1.06 bits per heavy atom. The molecular weight excluding hydrogens is 436 g/mol. The fraction of sp³-hybridized carbons (Fsp3) is 0.742. The summed E-state index contributed by atoms with van der Waals surface area (Å²) in [7, 11) is 0. The molecule has 0 bridgehead atoms. The zero-order valence-corrected chi connectivity index (χ0v) is 22.5. The first kappa shape index (κ1) is 31.2. The van der Waals surface area contributed by atoms with Gasteiger partial charge in [0, 0.05) is 0 Å². The molecule has 0 saturated carbocycles. The van der Waals surface area contributed by atoms with E-state index in [1.807, 2.05) is 18.2 Å². The zero-order chi connectivity index (χ0) is 25.4. The topological polar surface area (TPSA) is 63.6 Å². The standard InChI is InChI=1S/C31H52O4/c1-2-3-4-5-6-7-8-9-10-11-12-13-14-15-16-17-18-19-23-26-35-31(34)29(27-30(32)33)28-24-21-20-22-25-28/h20-22,24-25,29H,2-19,23,26-27H2,1H3,(H,32,33). The van der Waals surface area contributed by atoms with Crippen LogP contribution in [-0.4, -0.2) is 23.7 Å². The fourth-order valence-electron chi connectivity index (χ4n) is 4.65. The lowest BCUT2D eigenvalue weighted by molar-refractivity contribution is -0.149. The minimum Gasteiger partial charge on any atom is -0.481 e. The number of hydrogen-bond acceptors (Lipinski definition) is 3. The predicted octanol–water partition coefficient (Wildman–Crippen LogP) is 9.22. The van der Waals surface area contributed by atoms with Gasteiger partial charge in [0.1, 0.15) is 0 Å². The monoisotopic (exact) mass is 488 g/mol. The molecule has 0 saturated heterocycles. The van der Waals surface area contributed by atoms with Crippen molar-refractivity contribution in [1.29, 1.82) is 0 Å². The lowest BCUT2D eigenvalue weighted by Crippen LogP contribution is -2.19. The van der Waals surface area contributed by atoms with Gasteiger partial charge in [0.2, 0.25) is 0 Å². The zero-order valence-electron chi connectivity index (χ0n) is 22.5. The average Bonchev–Trinajstić information content (AvgIpc) is 2.86. The van der Waals surface area contributed by atoms with Crippen LogP contribution in [-0.2, 0) is 14.3 Å². The van der Waals surface area contributed by atoms with Crippen LogP contribution in [0, 0.1) is 0 Å². The van der Waals surface area contributed by atoms with Crippen LogP contribution < -0.4 is 0 Å². The number of aliphatic carboxylic acids is 1. The van der Waals surface area contributed by atoms with Gasteiger partial charge >= 0.3 is 11.9 Å². The van der Waals surface area contributed by atoms with Crippen molar-refractivity contribution in [2.45, 2.75) is 141 Å². The minimum absolute atomic E-state index is 0.234. The quantitative estimate of drug-likeness (QED) is 0.116. The summed E-state index contributed by atoms with van der Waals surface area (Å²) >= 11 is 0. The van der Waals surface area contributed by atoms with Gasteiger partial charge in [0.15, 0.2) is 0 Å². The van der Waals surface area contributed by atoms with Crippen molar-refractivity contribution in [1.82, 2.24) is 0 Å². The third kappa shape index (κ3) is 18.1. The number of hydrogen-bond donors (Lipinski definition) is 1. The van der Waals surface area contributed by atoms with Crippen molar-refractivity contribution in [3.8, 4) is 0 Å². The number of carbonyl (C=O) groups excluding carboxylic acids is 1. The minimum atomic E-state index is -0.987. The van der Waals surface area contributed by atoms with E-state index in [4.69, 9.17) is 9.84 Å². The van der Waals surface area contributed by atoms with Crippen molar-refractivity contribution in [3.63, 3.8) is 0 Å². The van der Waals surface area contributed by atoms with E-state index in [1.165, 1.54) is 109 Å². The Kier molecular flexibility index (Phi) is 20.2.